The number of carboxylic acid groups (broad SMARTS) is 1. The number of pyridine rings is 1. The van der Waals surface area contributed by atoms with Gasteiger partial charge >= 0.3 is 12.1 Å². The summed E-state index contributed by atoms with van der Waals surface area (Å²) in [6.45, 7) is 0. The van der Waals surface area contributed by atoms with Crippen molar-refractivity contribution in [3.63, 3.8) is 0 Å². The third kappa shape index (κ3) is 3.63. The number of hydrogen-bond acceptors (Lipinski definition) is 3. The van der Waals surface area contributed by atoms with Crippen molar-refractivity contribution in [2.75, 3.05) is 0 Å². The largest absolute Gasteiger partial charge is 0.480 e. The van der Waals surface area contributed by atoms with Crippen LogP contribution in [0, 0.1) is 0 Å². The van der Waals surface area contributed by atoms with Gasteiger partial charge in [0.05, 0.1) is 11.3 Å². The molecule has 148 valence electrons. The molecule has 1 fully saturated rings. The molecule has 2 aromatic rings. The number of alkyl halides is 3. The highest BCUT2D eigenvalue weighted by Gasteiger charge is 2.46. The standard InChI is InChI=1S/C22H16F3NO2S/c23-22(24,25)17-7-2-1-6-15(17)14-5-3-8-18-16(13-14)19(9-12-26-18)29-21(20(27)28)10-4-11-21/h1-2,5-9,12-13H,4,10-11H2,(H,27,28). The molecular weight excluding hydrogens is 399 g/mol. The SMILES string of the molecule is O=C(O)C1(Sc2ccnc3c2C=C(c2ccccc2C(F)(F)F)C=C=C3)CCC1. The number of hydrogen-bond donors (Lipinski definition) is 1. The van der Waals surface area contributed by atoms with Gasteiger partial charge in [0.2, 0.25) is 0 Å². The second kappa shape index (κ2) is 7.25. The van der Waals surface area contributed by atoms with Gasteiger partial charge in [0.1, 0.15) is 4.75 Å². The molecule has 1 heterocycles. The first kappa shape index (κ1) is 19.6. The predicted molar refractivity (Wildman–Crippen MR) is 106 cm³/mol. The van der Waals surface area contributed by atoms with E-state index in [4.69, 9.17) is 0 Å². The summed E-state index contributed by atoms with van der Waals surface area (Å²) in [5, 5.41) is 9.66. The van der Waals surface area contributed by atoms with Crippen molar-refractivity contribution >= 4 is 35.5 Å². The van der Waals surface area contributed by atoms with Crippen molar-refractivity contribution in [2.45, 2.75) is 35.1 Å². The molecule has 0 amide bonds. The Hall–Kier alpha value is -2.76. The molecule has 1 N–H and O–H groups in total. The van der Waals surface area contributed by atoms with Gasteiger partial charge in [0.15, 0.2) is 0 Å². The molecule has 0 aliphatic heterocycles. The predicted octanol–water partition coefficient (Wildman–Crippen LogP) is 5.92. The number of carboxylic acids is 1. The molecule has 0 saturated heterocycles. The third-order valence-electron chi connectivity index (χ3n) is 5.14. The normalized spacial score (nSPS) is 17.1. The summed E-state index contributed by atoms with van der Waals surface area (Å²) in [5.74, 6) is -0.867. The number of aliphatic carboxylic acids is 1. The van der Waals surface area contributed by atoms with Crippen LogP contribution in [0.5, 0.6) is 0 Å². The van der Waals surface area contributed by atoms with E-state index in [1.54, 1.807) is 30.5 Å². The van der Waals surface area contributed by atoms with E-state index in [1.807, 2.05) is 0 Å². The summed E-state index contributed by atoms with van der Waals surface area (Å²) in [4.78, 5) is 16.8. The highest BCUT2D eigenvalue weighted by Crippen LogP contribution is 2.49. The molecule has 0 spiro atoms. The number of carbonyl (C=O) groups is 1. The van der Waals surface area contributed by atoms with Crippen LogP contribution in [0.4, 0.5) is 13.2 Å². The van der Waals surface area contributed by atoms with Gasteiger partial charge in [-0.2, -0.15) is 13.2 Å². The number of benzene rings is 1. The number of rotatable bonds is 4. The smallest absolute Gasteiger partial charge is 0.417 e. The zero-order valence-corrected chi connectivity index (χ0v) is 16.0. The molecule has 1 aromatic heterocycles. The number of allylic oxidation sites excluding steroid dienone is 2. The third-order valence-corrected chi connectivity index (χ3v) is 6.69. The van der Waals surface area contributed by atoms with Crippen LogP contribution in [0.1, 0.15) is 41.6 Å². The van der Waals surface area contributed by atoms with Crippen LogP contribution in [0.15, 0.2) is 53.2 Å². The number of thioether (sulfide) groups is 1. The minimum atomic E-state index is -4.49. The first-order valence-corrected chi connectivity index (χ1v) is 9.84. The van der Waals surface area contributed by atoms with E-state index >= 15 is 0 Å². The molecule has 2 aliphatic carbocycles. The lowest BCUT2D eigenvalue weighted by atomic mass is 9.84. The van der Waals surface area contributed by atoms with Crippen molar-refractivity contribution in [3.8, 4) is 0 Å². The van der Waals surface area contributed by atoms with E-state index in [0.29, 0.717) is 34.6 Å². The van der Waals surface area contributed by atoms with E-state index in [-0.39, 0.29) is 5.56 Å². The highest BCUT2D eigenvalue weighted by atomic mass is 32.2. The zero-order valence-electron chi connectivity index (χ0n) is 15.2. The molecule has 0 atom stereocenters. The Morgan fingerprint density at radius 1 is 1.17 bits per heavy atom. The fourth-order valence-electron chi connectivity index (χ4n) is 3.43. The Balaban J connectivity index is 1.83. The number of fused-ring (bicyclic) bond motifs is 1. The van der Waals surface area contributed by atoms with Crippen LogP contribution in [0.3, 0.4) is 0 Å². The lowest BCUT2D eigenvalue weighted by Crippen LogP contribution is -2.41. The maximum Gasteiger partial charge on any atom is 0.417 e. The van der Waals surface area contributed by atoms with Crippen LogP contribution in [-0.4, -0.2) is 20.8 Å². The van der Waals surface area contributed by atoms with Crippen molar-refractivity contribution in [3.05, 3.63) is 70.7 Å². The topological polar surface area (TPSA) is 50.2 Å². The van der Waals surface area contributed by atoms with Gasteiger partial charge in [-0.15, -0.1) is 17.5 Å². The molecule has 3 nitrogen and oxygen atoms in total. The minimum Gasteiger partial charge on any atom is -0.480 e. The molecule has 7 heteroatoms. The Labute approximate surface area is 169 Å². The van der Waals surface area contributed by atoms with Gasteiger partial charge in [0.25, 0.3) is 0 Å². The van der Waals surface area contributed by atoms with Gasteiger partial charge in [-0.25, -0.2) is 0 Å². The maximum absolute atomic E-state index is 13.5. The lowest BCUT2D eigenvalue weighted by molar-refractivity contribution is -0.142. The molecule has 29 heavy (non-hydrogen) atoms. The first-order valence-electron chi connectivity index (χ1n) is 9.02. The molecule has 1 saturated carbocycles. The second-order valence-corrected chi connectivity index (χ2v) is 8.39. The summed E-state index contributed by atoms with van der Waals surface area (Å²) in [6, 6.07) is 7.10. The Morgan fingerprint density at radius 2 is 1.93 bits per heavy atom. The van der Waals surface area contributed by atoms with E-state index in [0.717, 1.165) is 12.5 Å². The summed E-state index contributed by atoms with van der Waals surface area (Å²) >= 11 is 1.25. The second-order valence-electron chi connectivity index (χ2n) is 6.96. The van der Waals surface area contributed by atoms with Crippen molar-refractivity contribution in [1.29, 1.82) is 0 Å². The van der Waals surface area contributed by atoms with Crippen LogP contribution >= 0.6 is 11.8 Å². The number of nitrogens with zero attached hydrogens (tertiary/aromatic N) is 1. The quantitative estimate of drug-likeness (QED) is 0.630. The van der Waals surface area contributed by atoms with Crippen LogP contribution < -0.4 is 0 Å². The fraction of sp³-hybridized carbons (Fsp3) is 0.227. The number of halogens is 3. The van der Waals surface area contributed by atoms with Crippen molar-refractivity contribution in [1.82, 2.24) is 4.98 Å². The molecule has 0 bridgehead atoms. The Bertz CT molecular complexity index is 1080. The lowest BCUT2D eigenvalue weighted by Gasteiger charge is -2.37. The van der Waals surface area contributed by atoms with E-state index in [1.165, 1.54) is 30.0 Å². The molecule has 2 aliphatic rings. The van der Waals surface area contributed by atoms with Gasteiger partial charge in [-0.1, -0.05) is 18.2 Å². The van der Waals surface area contributed by atoms with Crippen LogP contribution in [-0.2, 0) is 11.0 Å². The van der Waals surface area contributed by atoms with E-state index < -0.39 is 22.5 Å². The van der Waals surface area contributed by atoms with Gasteiger partial charge in [-0.05, 0) is 54.7 Å². The van der Waals surface area contributed by atoms with Gasteiger partial charge < -0.3 is 5.11 Å². The average Bonchev–Trinajstić information content (AvgIpc) is 2.86. The molecule has 0 unspecified atom stereocenters. The Kier molecular flexibility index (Phi) is 4.89. The minimum absolute atomic E-state index is 0.0464. The molecule has 4 rings (SSSR count). The van der Waals surface area contributed by atoms with Gasteiger partial charge in [0, 0.05) is 22.7 Å². The summed E-state index contributed by atoms with van der Waals surface area (Å²) in [7, 11) is 0. The monoisotopic (exact) mass is 415 g/mol. The Morgan fingerprint density at radius 3 is 2.59 bits per heavy atom. The summed E-state index contributed by atoms with van der Waals surface area (Å²) < 4.78 is 39.6. The van der Waals surface area contributed by atoms with Crippen LogP contribution in [0.2, 0.25) is 0 Å². The maximum atomic E-state index is 13.5. The van der Waals surface area contributed by atoms with Gasteiger partial charge in [-0.3, -0.25) is 9.78 Å². The van der Waals surface area contributed by atoms with Crippen molar-refractivity contribution in [2.24, 2.45) is 0 Å². The van der Waals surface area contributed by atoms with E-state index in [2.05, 4.69) is 10.7 Å². The first-order chi connectivity index (χ1) is 13.8. The molecular formula is C22H16F3NO2S. The van der Waals surface area contributed by atoms with Crippen LogP contribution in [0.25, 0.3) is 17.7 Å². The summed E-state index contributed by atoms with van der Waals surface area (Å²) in [6.07, 6.45) is 3.79. The summed E-state index contributed by atoms with van der Waals surface area (Å²) in [5.41, 5.74) is 3.72. The molecule has 1 aromatic carbocycles. The fourth-order valence-corrected chi connectivity index (χ4v) is 4.84. The molecule has 0 radical (unpaired) electrons. The highest BCUT2D eigenvalue weighted by molar-refractivity contribution is 8.01. The number of aromatic nitrogens is 1. The average molecular weight is 415 g/mol. The van der Waals surface area contributed by atoms with Crippen molar-refractivity contribution < 1.29 is 23.1 Å². The zero-order chi connectivity index (χ0) is 20.6. The van der Waals surface area contributed by atoms with E-state index in [9.17, 15) is 23.1 Å².